The number of aldehydes is 1. The third kappa shape index (κ3) is 8.01. The van der Waals surface area contributed by atoms with Crippen LogP contribution in [0.3, 0.4) is 0 Å². The molecule has 2 rings (SSSR count). The highest BCUT2D eigenvalue weighted by Gasteiger charge is 2.49. The topological polar surface area (TPSA) is 84.9 Å². The zero-order valence-corrected chi connectivity index (χ0v) is 23.7. The third-order valence-corrected chi connectivity index (χ3v) is 8.75. The van der Waals surface area contributed by atoms with E-state index < -0.39 is 0 Å². The lowest BCUT2D eigenvalue weighted by Gasteiger charge is -2.38. The number of esters is 2. The summed E-state index contributed by atoms with van der Waals surface area (Å²) >= 11 is 0. The van der Waals surface area contributed by atoms with E-state index in [2.05, 4.69) is 72.7 Å². The molecule has 0 aromatic carbocycles. The second-order valence-corrected chi connectivity index (χ2v) is 13.3. The van der Waals surface area contributed by atoms with E-state index in [4.69, 9.17) is 9.47 Å². The second-order valence-electron chi connectivity index (χ2n) is 13.3. The lowest BCUT2D eigenvalue weighted by molar-refractivity contribution is -0.149. The molecule has 2 saturated heterocycles. The van der Waals surface area contributed by atoms with Gasteiger partial charge in [0.15, 0.2) is 0 Å². The Bertz CT molecular complexity index is 758. The van der Waals surface area contributed by atoms with Crippen molar-refractivity contribution in [3.63, 3.8) is 0 Å². The molecule has 0 saturated carbocycles. The number of carbonyl (C=O) groups excluding carboxylic acids is 3. The molecule has 2 fully saturated rings. The maximum Gasteiger partial charge on any atom is 0.306 e. The summed E-state index contributed by atoms with van der Waals surface area (Å²) in [6.45, 7) is 18.2. The van der Waals surface area contributed by atoms with Crippen LogP contribution in [0.1, 0.15) is 100 Å². The minimum atomic E-state index is -0.251. The van der Waals surface area contributed by atoms with Crippen LogP contribution in [0.25, 0.3) is 0 Å². The zero-order chi connectivity index (χ0) is 26.7. The predicted octanol–water partition coefficient (Wildman–Crippen LogP) is 4.51. The summed E-state index contributed by atoms with van der Waals surface area (Å²) in [5.74, 6) is -0.0498. The molecule has 0 bridgehead atoms. The van der Waals surface area contributed by atoms with E-state index in [1.54, 1.807) is 0 Å². The number of hydrogen-bond acceptors (Lipinski definition) is 7. The molecule has 0 aliphatic carbocycles. The average molecular weight is 495 g/mol. The Morgan fingerprint density at radius 3 is 2.06 bits per heavy atom. The quantitative estimate of drug-likeness (QED) is 0.315. The molecule has 35 heavy (non-hydrogen) atoms. The molecular weight excluding hydrogens is 444 g/mol. The first-order valence-corrected chi connectivity index (χ1v) is 13.3. The fourth-order valence-corrected chi connectivity index (χ4v) is 6.20. The molecule has 1 N–H and O–H groups in total. The minimum Gasteiger partial charge on any atom is -0.465 e. The van der Waals surface area contributed by atoms with Crippen molar-refractivity contribution in [3.8, 4) is 0 Å². The number of rotatable bonds is 12. The highest BCUT2D eigenvalue weighted by molar-refractivity contribution is 5.71. The van der Waals surface area contributed by atoms with E-state index in [0.29, 0.717) is 32.5 Å². The molecule has 3 unspecified atom stereocenters. The first-order valence-electron chi connectivity index (χ1n) is 13.3. The largest absolute Gasteiger partial charge is 0.465 e. The van der Waals surface area contributed by atoms with Crippen molar-refractivity contribution in [2.75, 3.05) is 20.3 Å². The number of nitrogens with zero attached hydrogens (tertiary/aromatic N) is 1. The monoisotopic (exact) mass is 494 g/mol. The number of nitrogens with one attached hydrogen (secondary N) is 1. The summed E-state index contributed by atoms with van der Waals surface area (Å²) < 4.78 is 11.3. The van der Waals surface area contributed by atoms with E-state index in [1.165, 1.54) is 0 Å². The molecule has 0 spiro atoms. The van der Waals surface area contributed by atoms with Crippen LogP contribution in [-0.2, 0) is 23.9 Å². The lowest BCUT2D eigenvalue weighted by Crippen LogP contribution is -2.47. The van der Waals surface area contributed by atoms with Gasteiger partial charge < -0.3 is 19.6 Å². The normalized spacial score (nSPS) is 27.3. The Balaban J connectivity index is 1.81. The van der Waals surface area contributed by atoms with Crippen molar-refractivity contribution in [1.82, 2.24) is 10.2 Å². The average Bonchev–Trinajstić information content (AvgIpc) is 3.05. The van der Waals surface area contributed by atoms with Gasteiger partial charge in [-0.15, -0.1) is 0 Å². The summed E-state index contributed by atoms with van der Waals surface area (Å²) in [6, 6.07) is 0. The van der Waals surface area contributed by atoms with Crippen LogP contribution in [-0.4, -0.2) is 65.5 Å². The van der Waals surface area contributed by atoms with Gasteiger partial charge in [-0.25, -0.2) is 0 Å². The van der Waals surface area contributed by atoms with Gasteiger partial charge in [-0.05, 0) is 94.0 Å². The Kier molecular flexibility index (Phi) is 9.60. The lowest BCUT2D eigenvalue weighted by atomic mass is 9.87. The second kappa shape index (κ2) is 11.3. The van der Waals surface area contributed by atoms with Gasteiger partial charge in [0.1, 0.15) is 6.29 Å². The number of likely N-dealkylation sites (tertiary alicyclic amines) is 1. The van der Waals surface area contributed by atoms with Crippen LogP contribution in [0.15, 0.2) is 0 Å². The van der Waals surface area contributed by atoms with E-state index in [-0.39, 0.29) is 64.7 Å². The van der Waals surface area contributed by atoms with Crippen molar-refractivity contribution in [2.24, 2.45) is 17.8 Å². The van der Waals surface area contributed by atoms with Gasteiger partial charge >= 0.3 is 11.9 Å². The summed E-state index contributed by atoms with van der Waals surface area (Å²) in [6.07, 6.45) is 4.72. The highest BCUT2D eigenvalue weighted by atomic mass is 16.5. The number of hydrogen-bond donors (Lipinski definition) is 1. The van der Waals surface area contributed by atoms with Gasteiger partial charge in [-0.2, -0.15) is 0 Å². The van der Waals surface area contributed by atoms with E-state index in [0.717, 1.165) is 19.1 Å². The Morgan fingerprint density at radius 1 is 0.943 bits per heavy atom. The molecule has 2 aliphatic heterocycles. The van der Waals surface area contributed by atoms with Crippen molar-refractivity contribution < 1.29 is 23.9 Å². The van der Waals surface area contributed by atoms with Crippen molar-refractivity contribution in [1.29, 1.82) is 0 Å². The standard InChI is InChI=1S/C28H50N2O5/c1-25(2)16-21(27(5,6)29-25)18-34-23(32)13-12-20(11-10-14-31)15-24(33)35-19-22-17-26(3,4)30(9)28(22,7)8/h14,20-22,29H,10-13,15-19H2,1-9H3. The molecule has 0 aromatic rings. The highest BCUT2D eigenvalue weighted by Crippen LogP contribution is 2.43. The molecule has 0 amide bonds. The van der Waals surface area contributed by atoms with E-state index >= 15 is 0 Å². The Labute approximate surface area is 213 Å². The summed E-state index contributed by atoms with van der Waals surface area (Å²) in [5, 5.41) is 3.60. The maximum absolute atomic E-state index is 12.7. The summed E-state index contributed by atoms with van der Waals surface area (Å²) in [7, 11) is 2.13. The van der Waals surface area contributed by atoms with E-state index in [1.807, 2.05) is 0 Å². The van der Waals surface area contributed by atoms with Gasteiger partial charge in [0, 0.05) is 53.3 Å². The molecule has 2 aliphatic rings. The summed E-state index contributed by atoms with van der Waals surface area (Å²) in [4.78, 5) is 38.4. The van der Waals surface area contributed by atoms with Crippen LogP contribution in [0.4, 0.5) is 0 Å². The minimum absolute atomic E-state index is 0.0275. The molecule has 7 nitrogen and oxygen atoms in total. The molecule has 0 aromatic heterocycles. The number of carbonyl (C=O) groups is 3. The fourth-order valence-electron chi connectivity index (χ4n) is 6.20. The molecule has 2 heterocycles. The Hall–Kier alpha value is -1.47. The van der Waals surface area contributed by atoms with Gasteiger partial charge in [0.2, 0.25) is 0 Å². The third-order valence-electron chi connectivity index (χ3n) is 8.75. The molecule has 202 valence electrons. The first-order chi connectivity index (χ1) is 16.0. The first kappa shape index (κ1) is 29.8. The Morgan fingerprint density at radius 2 is 1.54 bits per heavy atom. The molecular formula is C28H50N2O5. The maximum atomic E-state index is 12.7. The van der Waals surface area contributed by atoms with Gasteiger partial charge in [-0.3, -0.25) is 14.5 Å². The van der Waals surface area contributed by atoms with Gasteiger partial charge in [0.05, 0.1) is 13.2 Å². The van der Waals surface area contributed by atoms with Crippen molar-refractivity contribution >= 4 is 18.2 Å². The van der Waals surface area contributed by atoms with Crippen LogP contribution >= 0.6 is 0 Å². The molecule has 7 heteroatoms. The summed E-state index contributed by atoms with van der Waals surface area (Å²) in [5.41, 5.74) is -0.0479. The van der Waals surface area contributed by atoms with Gasteiger partial charge in [-0.1, -0.05) is 0 Å². The molecule has 3 atom stereocenters. The van der Waals surface area contributed by atoms with Crippen molar-refractivity contribution in [3.05, 3.63) is 0 Å². The van der Waals surface area contributed by atoms with Crippen LogP contribution in [0.2, 0.25) is 0 Å². The van der Waals surface area contributed by atoms with Crippen LogP contribution < -0.4 is 5.32 Å². The van der Waals surface area contributed by atoms with Crippen LogP contribution in [0.5, 0.6) is 0 Å². The number of ether oxygens (including phenoxy) is 2. The smallest absolute Gasteiger partial charge is 0.306 e. The molecule has 0 radical (unpaired) electrons. The fraction of sp³-hybridized carbons (Fsp3) is 0.893. The van der Waals surface area contributed by atoms with Crippen LogP contribution in [0, 0.1) is 17.8 Å². The SMILES string of the molecule is CN1C(C)(C)CC(COC(=O)CC(CCC=O)CCC(=O)OCC2CC(C)(C)NC2(C)C)C1(C)C. The zero-order valence-electron chi connectivity index (χ0n) is 23.7. The van der Waals surface area contributed by atoms with Gasteiger partial charge in [0.25, 0.3) is 0 Å². The van der Waals surface area contributed by atoms with Crippen molar-refractivity contribution in [2.45, 2.75) is 122 Å². The predicted molar refractivity (Wildman–Crippen MR) is 138 cm³/mol. The van der Waals surface area contributed by atoms with E-state index in [9.17, 15) is 14.4 Å².